The van der Waals surface area contributed by atoms with Crippen molar-refractivity contribution in [3.8, 4) is 0 Å². The van der Waals surface area contributed by atoms with Gasteiger partial charge in [0.2, 0.25) is 0 Å². The van der Waals surface area contributed by atoms with E-state index in [2.05, 4.69) is 17.1 Å². The molecule has 0 amide bonds. The van der Waals surface area contributed by atoms with Crippen LogP contribution < -0.4 is 0 Å². The zero-order valence-electron chi connectivity index (χ0n) is 6.22. The van der Waals surface area contributed by atoms with Gasteiger partial charge in [0.25, 0.3) is 0 Å². The van der Waals surface area contributed by atoms with Crippen molar-refractivity contribution in [3.63, 3.8) is 0 Å². The number of H-pyrrole nitrogens is 1. The van der Waals surface area contributed by atoms with E-state index in [0.29, 0.717) is 0 Å². The first-order valence-electron chi connectivity index (χ1n) is 3.88. The first-order chi connectivity index (χ1) is 4.88. The molecular weight excluding hydrogens is 124 g/mol. The smallest absolute Gasteiger partial charge is 0.0519 e. The molecule has 2 heteroatoms. The standard InChI is InChI=1S/C8H12N2/c1-6-5-9-10-8(6)7-3-2-4-7/h5,7H,2-4H2,1H3,(H,9,10). The van der Waals surface area contributed by atoms with Gasteiger partial charge in [-0.1, -0.05) is 6.42 Å². The number of aryl methyl sites for hydroxylation is 1. The third kappa shape index (κ3) is 0.753. The summed E-state index contributed by atoms with van der Waals surface area (Å²) in [5.41, 5.74) is 2.69. The van der Waals surface area contributed by atoms with Crippen LogP contribution in [0.3, 0.4) is 0 Å². The first-order valence-corrected chi connectivity index (χ1v) is 3.88. The van der Waals surface area contributed by atoms with Crippen LogP contribution in [0.2, 0.25) is 0 Å². The van der Waals surface area contributed by atoms with Crippen LogP contribution in [0.4, 0.5) is 0 Å². The molecule has 1 fully saturated rings. The Morgan fingerprint density at radius 2 is 2.40 bits per heavy atom. The lowest BCUT2D eigenvalue weighted by atomic mass is 9.82. The summed E-state index contributed by atoms with van der Waals surface area (Å²) in [5, 5.41) is 7.06. The topological polar surface area (TPSA) is 28.7 Å². The molecule has 0 aliphatic heterocycles. The van der Waals surface area contributed by atoms with Crippen LogP contribution in [0, 0.1) is 6.92 Å². The molecular formula is C8H12N2. The summed E-state index contributed by atoms with van der Waals surface area (Å²) in [5.74, 6) is 0.794. The van der Waals surface area contributed by atoms with Gasteiger partial charge in [-0.05, 0) is 25.3 Å². The summed E-state index contributed by atoms with van der Waals surface area (Å²) >= 11 is 0. The maximum atomic E-state index is 4.00. The summed E-state index contributed by atoms with van der Waals surface area (Å²) in [7, 11) is 0. The quantitative estimate of drug-likeness (QED) is 0.628. The Labute approximate surface area is 60.6 Å². The average molecular weight is 136 g/mol. The van der Waals surface area contributed by atoms with E-state index in [4.69, 9.17) is 0 Å². The highest BCUT2D eigenvalue weighted by Crippen LogP contribution is 2.36. The molecule has 1 N–H and O–H groups in total. The molecule has 2 rings (SSSR count). The summed E-state index contributed by atoms with van der Waals surface area (Å²) < 4.78 is 0. The molecule has 0 saturated heterocycles. The Morgan fingerprint density at radius 3 is 2.80 bits per heavy atom. The number of rotatable bonds is 1. The van der Waals surface area contributed by atoms with E-state index < -0.39 is 0 Å². The first kappa shape index (κ1) is 5.96. The van der Waals surface area contributed by atoms with Gasteiger partial charge in [-0.15, -0.1) is 0 Å². The van der Waals surface area contributed by atoms with Crippen molar-refractivity contribution in [2.24, 2.45) is 0 Å². The van der Waals surface area contributed by atoms with Crippen LogP contribution in [-0.4, -0.2) is 10.2 Å². The van der Waals surface area contributed by atoms with Crippen LogP contribution in [0.5, 0.6) is 0 Å². The lowest BCUT2D eigenvalue weighted by Gasteiger charge is -2.24. The lowest BCUT2D eigenvalue weighted by molar-refractivity contribution is 0.409. The maximum absolute atomic E-state index is 4.00. The van der Waals surface area contributed by atoms with Crippen molar-refractivity contribution in [2.45, 2.75) is 32.1 Å². The second-order valence-electron chi connectivity index (χ2n) is 3.09. The molecule has 1 heterocycles. The van der Waals surface area contributed by atoms with Crippen molar-refractivity contribution in [1.82, 2.24) is 10.2 Å². The number of hydrogen-bond donors (Lipinski definition) is 1. The minimum absolute atomic E-state index is 0.794. The largest absolute Gasteiger partial charge is 0.282 e. The van der Waals surface area contributed by atoms with E-state index in [1.807, 2.05) is 6.20 Å². The highest BCUT2D eigenvalue weighted by molar-refractivity contribution is 5.20. The highest BCUT2D eigenvalue weighted by atomic mass is 15.1. The van der Waals surface area contributed by atoms with Gasteiger partial charge < -0.3 is 0 Å². The van der Waals surface area contributed by atoms with E-state index in [0.717, 1.165) is 5.92 Å². The number of hydrogen-bond acceptors (Lipinski definition) is 1. The van der Waals surface area contributed by atoms with Crippen LogP contribution in [0.25, 0.3) is 0 Å². The molecule has 0 aromatic carbocycles. The second-order valence-corrected chi connectivity index (χ2v) is 3.09. The molecule has 0 atom stereocenters. The van der Waals surface area contributed by atoms with Gasteiger partial charge in [0, 0.05) is 11.6 Å². The van der Waals surface area contributed by atoms with E-state index in [9.17, 15) is 0 Å². The monoisotopic (exact) mass is 136 g/mol. The Morgan fingerprint density at radius 1 is 1.60 bits per heavy atom. The fraction of sp³-hybridized carbons (Fsp3) is 0.625. The predicted octanol–water partition coefficient (Wildman–Crippen LogP) is 1.99. The molecule has 0 spiro atoms. The van der Waals surface area contributed by atoms with Crippen molar-refractivity contribution in [1.29, 1.82) is 0 Å². The van der Waals surface area contributed by atoms with E-state index in [-0.39, 0.29) is 0 Å². The zero-order valence-corrected chi connectivity index (χ0v) is 6.22. The van der Waals surface area contributed by atoms with Gasteiger partial charge in [-0.2, -0.15) is 5.10 Å². The van der Waals surface area contributed by atoms with Crippen molar-refractivity contribution >= 4 is 0 Å². The normalized spacial score (nSPS) is 18.9. The van der Waals surface area contributed by atoms with Gasteiger partial charge in [0.05, 0.1) is 6.20 Å². The number of aromatic nitrogens is 2. The molecule has 1 aromatic rings. The number of nitrogens with one attached hydrogen (secondary N) is 1. The van der Waals surface area contributed by atoms with Crippen LogP contribution in [0.15, 0.2) is 6.20 Å². The Balaban J connectivity index is 2.23. The third-order valence-electron chi connectivity index (χ3n) is 2.38. The molecule has 2 nitrogen and oxygen atoms in total. The fourth-order valence-corrected chi connectivity index (χ4v) is 1.47. The maximum Gasteiger partial charge on any atom is 0.0519 e. The summed E-state index contributed by atoms with van der Waals surface area (Å²) in [6.07, 6.45) is 6.00. The molecule has 0 bridgehead atoms. The Kier molecular flexibility index (Phi) is 1.26. The average Bonchev–Trinajstić information content (AvgIpc) is 2.12. The Hall–Kier alpha value is -0.790. The van der Waals surface area contributed by atoms with Crippen molar-refractivity contribution in [3.05, 3.63) is 17.5 Å². The molecule has 1 aromatic heterocycles. The highest BCUT2D eigenvalue weighted by Gasteiger charge is 2.21. The summed E-state index contributed by atoms with van der Waals surface area (Å²) in [4.78, 5) is 0. The minimum Gasteiger partial charge on any atom is -0.282 e. The van der Waals surface area contributed by atoms with E-state index in [1.165, 1.54) is 30.5 Å². The number of nitrogens with zero attached hydrogens (tertiary/aromatic N) is 1. The fourth-order valence-electron chi connectivity index (χ4n) is 1.47. The predicted molar refractivity (Wildman–Crippen MR) is 39.9 cm³/mol. The van der Waals surface area contributed by atoms with E-state index >= 15 is 0 Å². The molecule has 1 saturated carbocycles. The van der Waals surface area contributed by atoms with Crippen LogP contribution >= 0.6 is 0 Å². The van der Waals surface area contributed by atoms with Gasteiger partial charge in [0.1, 0.15) is 0 Å². The molecule has 10 heavy (non-hydrogen) atoms. The van der Waals surface area contributed by atoms with Gasteiger partial charge in [-0.3, -0.25) is 5.10 Å². The summed E-state index contributed by atoms with van der Waals surface area (Å²) in [6, 6.07) is 0. The van der Waals surface area contributed by atoms with Crippen molar-refractivity contribution in [2.75, 3.05) is 0 Å². The van der Waals surface area contributed by atoms with Gasteiger partial charge >= 0.3 is 0 Å². The van der Waals surface area contributed by atoms with Gasteiger partial charge in [-0.25, -0.2) is 0 Å². The molecule has 1 aliphatic carbocycles. The molecule has 0 unspecified atom stereocenters. The lowest BCUT2D eigenvalue weighted by Crippen LogP contribution is -2.10. The third-order valence-corrected chi connectivity index (χ3v) is 2.38. The van der Waals surface area contributed by atoms with Crippen LogP contribution in [0.1, 0.15) is 36.4 Å². The van der Waals surface area contributed by atoms with Gasteiger partial charge in [0.15, 0.2) is 0 Å². The molecule has 0 radical (unpaired) electrons. The van der Waals surface area contributed by atoms with Crippen LogP contribution in [-0.2, 0) is 0 Å². The molecule has 1 aliphatic rings. The second kappa shape index (κ2) is 2.11. The minimum atomic E-state index is 0.794. The number of aromatic amines is 1. The molecule has 54 valence electrons. The summed E-state index contributed by atoms with van der Waals surface area (Å²) in [6.45, 7) is 2.12. The zero-order chi connectivity index (χ0) is 6.97. The Bertz CT molecular complexity index is 223. The SMILES string of the molecule is Cc1cn[nH]c1C1CCC1. The van der Waals surface area contributed by atoms with E-state index in [1.54, 1.807) is 0 Å². The van der Waals surface area contributed by atoms with Crippen molar-refractivity contribution < 1.29 is 0 Å².